The highest BCUT2D eigenvalue weighted by Crippen LogP contribution is 2.25. The molecule has 2 fully saturated rings. The van der Waals surface area contributed by atoms with E-state index in [4.69, 9.17) is 0 Å². The smallest absolute Gasteiger partial charge is 0.0331 e. The number of hydrogen-bond donors (Lipinski definition) is 1. The van der Waals surface area contributed by atoms with Crippen LogP contribution in [0.5, 0.6) is 0 Å². The van der Waals surface area contributed by atoms with E-state index < -0.39 is 0 Å². The number of thiophene rings is 1. The minimum Gasteiger partial charge on any atom is -0.309 e. The molecule has 1 aromatic rings. The third-order valence-corrected chi connectivity index (χ3v) is 5.36. The molecule has 3 nitrogen and oxygen atoms in total. The second-order valence-corrected chi connectivity index (χ2v) is 7.80. The molecule has 1 N–H and O–H groups in total. The summed E-state index contributed by atoms with van der Waals surface area (Å²) in [6, 6.07) is 6.20. The van der Waals surface area contributed by atoms with Crippen molar-refractivity contribution < 1.29 is 0 Å². The largest absolute Gasteiger partial charge is 0.309 e. The van der Waals surface area contributed by atoms with Crippen LogP contribution in [-0.2, 0) is 13.1 Å². The van der Waals surface area contributed by atoms with E-state index in [1.54, 1.807) is 0 Å². The molecule has 0 aromatic carbocycles. The highest BCUT2D eigenvalue weighted by atomic mass is 32.1. The van der Waals surface area contributed by atoms with E-state index in [2.05, 4.69) is 41.3 Å². The SMILES string of the molecule is CN(C)CC1CCCN1Cc1ccc(CNC2CC2)s1. The molecule has 1 aliphatic heterocycles. The Morgan fingerprint density at radius 1 is 1.25 bits per heavy atom. The summed E-state index contributed by atoms with van der Waals surface area (Å²) in [6.07, 6.45) is 5.47. The molecular weight excluding hydrogens is 266 g/mol. The minimum absolute atomic E-state index is 0.750. The van der Waals surface area contributed by atoms with Crippen molar-refractivity contribution in [3.05, 3.63) is 21.9 Å². The molecule has 2 aliphatic rings. The number of likely N-dealkylation sites (N-methyl/N-ethyl adjacent to an activating group) is 1. The minimum atomic E-state index is 0.750. The summed E-state index contributed by atoms with van der Waals surface area (Å²) >= 11 is 1.99. The van der Waals surface area contributed by atoms with Gasteiger partial charge in [0.25, 0.3) is 0 Å². The summed E-state index contributed by atoms with van der Waals surface area (Å²) in [5, 5.41) is 3.60. The Balaban J connectivity index is 1.51. The lowest BCUT2D eigenvalue weighted by atomic mass is 10.2. The topological polar surface area (TPSA) is 18.5 Å². The Hall–Kier alpha value is -0.420. The molecule has 1 atom stereocenters. The van der Waals surface area contributed by atoms with Crippen LogP contribution in [0.3, 0.4) is 0 Å². The zero-order chi connectivity index (χ0) is 13.9. The number of nitrogens with zero attached hydrogens (tertiary/aromatic N) is 2. The van der Waals surface area contributed by atoms with Crippen molar-refractivity contribution in [2.45, 2.75) is 50.9 Å². The molecule has 0 radical (unpaired) electrons. The first-order valence-corrected chi connectivity index (χ1v) is 8.72. The van der Waals surface area contributed by atoms with Crippen molar-refractivity contribution >= 4 is 11.3 Å². The molecule has 2 heterocycles. The van der Waals surface area contributed by atoms with Crippen molar-refractivity contribution in [1.29, 1.82) is 0 Å². The van der Waals surface area contributed by atoms with E-state index in [1.807, 2.05) is 11.3 Å². The normalized spacial score (nSPS) is 23.9. The fourth-order valence-corrected chi connectivity index (χ4v) is 4.06. The monoisotopic (exact) mass is 293 g/mol. The van der Waals surface area contributed by atoms with Crippen molar-refractivity contribution in [3.8, 4) is 0 Å². The van der Waals surface area contributed by atoms with Gasteiger partial charge in [-0.05, 0) is 58.5 Å². The first kappa shape index (κ1) is 14.5. The van der Waals surface area contributed by atoms with Crippen LogP contribution in [0.4, 0.5) is 0 Å². The third-order valence-electron chi connectivity index (χ3n) is 4.29. The quantitative estimate of drug-likeness (QED) is 0.833. The van der Waals surface area contributed by atoms with Gasteiger partial charge in [-0.2, -0.15) is 0 Å². The van der Waals surface area contributed by atoms with Crippen LogP contribution < -0.4 is 5.32 Å². The summed E-state index contributed by atoms with van der Waals surface area (Å²) in [7, 11) is 4.37. The highest BCUT2D eigenvalue weighted by Gasteiger charge is 2.25. The van der Waals surface area contributed by atoms with Crippen LogP contribution >= 0.6 is 11.3 Å². The van der Waals surface area contributed by atoms with Gasteiger partial charge in [-0.1, -0.05) is 0 Å². The van der Waals surface area contributed by atoms with Gasteiger partial charge in [-0.25, -0.2) is 0 Å². The number of nitrogens with one attached hydrogen (secondary N) is 1. The lowest BCUT2D eigenvalue weighted by molar-refractivity contribution is 0.202. The van der Waals surface area contributed by atoms with Crippen molar-refractivity contribution in [3.63, 3.8) is 0 Å². The van der Waals surface area contributed by atoms with Crippen molar-refractivity contribution in [1.82, 2.24) is 15.1 Å². The molecular formula is C16H27N3S. The Morgan fingerprint density at radius 3 is 2.80 bits per heavy atom. The van der Waals surface area contributed by atoms with E-state index in [1.165, 1.54) is 48.5 Å². The van der Waals surface area contributed by atoms with E-state index in [-0.39, 0.29) is 0 Å². The van der Waals surface area contributed by atoms with Crippen LogP contribution in [0, 0.1) is 0 Å². The molecule has 1 aromatic heterocycles. The van der Waals surface area contributed by atoms with E-state index in [0.29, 0.717) is 0 Å². The standard InChI is InChI=1S/C16H27N3S/c1-18(2)11-14-4-3-9-19(14)12-16-8-7-15(20-16)10-17-13-5-6-13/h7-8,13-14,17H,3-6,9-12H2,1-2H3. The maximum Gasteiger partial charge on any atom is 0.0331 e. The highest BCUT2D eigenvalue weighted by molar-refractivity contribution is 7.11. The molecule has 1 saturated carbocycles. The van der Waals surface area contributed by atoms with Gasteiger partial charge in [0.15, 0.2) is 0 Å². The molecule has 0 amide bonds. The lowest BCUT2D eigenvalue weighted by Gasteiger charge is -2.26. The van der Waals surface area contributed by atoms with Gasteiger partial charge in [0.2, 0.25) is 0 Å². The molecule has 4 heteroatoms. The molecule has 3 rings (SSSR count). The predicted octanol–water partition coefficient (Wildman–Crippen LogP) is 2.53. The van der Waals surface area contributed by atoms with Crippen molar-refractivity contribution in [2.75, 3.05) is 27.2 Å². The van der Waals surface area contributed by atoms with Crippen LogP contribution in [0.2, 0.25) is 0 Å². The van der Waals surface area contributed by atoms with Gasteiger partial charge in [0, 0.05) is 41.5 Å². The zero-order valence-electron chi connectivity index (χ0n) is 12.8. The lowest BCUT2D eigenvalue weighted by Crippen LogP contribution is -2.36. The first-order valence-electron chi connectivity index (χ1n) is 7.90. The summed E-state index contributed by atoms with van der Waals surface area (Å²) in [6.45, 7) is 4.68. The van der Waals surface area contributed by atoms with Gasteiger partial charge in [-0.3, -0.25) is 4.90 Å². The van der Waals surface area contributed by atoms with Gasteiger partial charge in [-0.15, -0.1) is 11.3 Å². The Labute approximate surface area is 127 Å². The van der Waals surface area contributed by atoms with Gasteiger partial charge in [0.05, 0.1) is 0 Å². The molecule has 0 spiro atoms. The number of likely N-dealkylation sites (tertiary alicyclic amines) is 1. The average molecular weight is 293 g/mol. The summed E-state index contributed by atoms with van der Waals surface area (Å²) < 4.78 is 0. The third kappa shape index (κ3) is 4.04. The van der Waals surface area contributed by atoms with Gasteiger partial charge >= 0.3 is 0 Å². The molecule has 20 heavy (non-hydrogen) atoms. The summed E-state index contributed by atoms with van der Waals surface area (Å²) in [4.78, 5) is 8.02. The fourth-order valence-electron chi connectivity index (χ4n) is 3.07. The van der Waals surface area contributed by atoms with Crippen molar-refractivity contribution in [2.24, 2.45) is 0 Å². The molecule has 1 unspecified atom stereocenters. The first-order chi connectivity index (χ1) is 9.70. The number of rotatable bonds is 7. The maximum atomic E-state index is 3.60. The molecule has 112 valence electrons. The van der Waals surface area contributed by atoms with E-state index >= 15 is 0 Å². The average Bonchev–Trinajstić information content (AvgIpc) is 2.98. The van der Waals surface area contributed by atoms with Crippen LogP contribution in [0.1, 0.15) is 35.4 Å². The summed E-state index contributed by atoms with van der Waals surface area (Å²) in [5.74, 6) is 0. The Morgan fingerprint density at radius 2 is 2.05 bits per heavy atom. The predicted molar refractivity (Wildman–Crippen MR) is 86.2 cm³/mol. The van der Waals surface area contributed by atoms with Crippen LogP contribution in [0.25, 0.3) is 0 Å². The van der Waals surface area contributed by atoms with Crippen LogP contribution in [0.15, 0.2) is 12.1 Å². The second-order valence-electron chi connectivity index (χ2n) is 6.55. The summed E-state index contributed by atoms with van der Waals surface area (Å²) in [5.41, 5.74) is 0. The van der Waals surface area contributed by atoms with E-state index in [0.717, 1.165) is 25.2 Å². The molecule has 0 bridgehead atoms. The maximum absolute atomic E-state index is 3.60. The molecule has 1 aliphatic carbocycles. The van der Waals surface area contributed by atoms with Gasteiger partial charge in [0.1, 0.15) is 0 Å². The van der Waals surface area contributed by atoms with E-state index in [9.17, 15) is 0 Å². The Kier molecular flexibility index (Phi) is 4.76. The fraction of sp³-hybridized carbons (Fsp3) is 0.750. The number of hydrogen-bond acceptors (Lipinski definition) is 4. The molecule has 1 saturated heterocycles. The second kappa shape index (κ2) is 6.56. The zero-order valence-corrected chi connectivity index (χ0v) is 13.6. The van der Waals surface area contributed by atoms with Crippen LogP contribution in [-0.4, -0.2) is 49.1 Å². The van der Waals surface area contributed by atoms with Gasteiger partial charge < -0.3 is 10.2 Å². The Bertz CT molecular complexity index is 425.